The number of benzene rings is 2. The fourth-order valence-corrected chi connectivity index (χ4v) is 2.53. The average Bonchev–Trinajstić information content (AvgIpc) is 2.50. The van der Waals surface area contributed by atoms with Gasteiger partial charge in [-0.3, -0.25) is 0 Å². The molecule has 0 aliphatic heterocycles. The van der Waals surface area contributed by atoms with Gasteiger partial charge < -0.3 is 9.84 Å². The van der Waals surface area contributed by atoms with Crippen LogP contribution in [0.1, 0.15) is 30.4 Å². The van der Waals surface area contributed by atoms with Crippen molar-refractivity contribution in [2.45, 2.75) is 31.8 Å². The smallest absolute Gasteiger partial charge is 0.168 e. The van der Waals surface area contributed by atoms with Crippen LogP contribution in [0.5, 0.6) is 5.75 Å². The molecule has 0 saturated carbocycles. The molecule has 2 aromatic rings. The first kappa shape index (κ1) is 15.5. The van der Waals surface area contributed by atoms with Gasteiger partial charge in [-0.05, 0) is 29.5 Å². The fraction of sp³-hybridized carbons (Fsp3) is 0.333. The van der Waals surface area contributed by atoms with Crippen LogP contribution in [0.15, 0.2) is 48.5 Å². The molecule has 2 atom stereocenters. The Hall–Kier alpha value is -1.87. The van der Waals surface area contributed by atoms with Crippen LogP contribution in [-0.2, 0) is 6.42 Å². The zero-order chi connectivity index (χ0) is 15.2. The molecule has 0 aliphatic carbocycles. The standard InChI is InChI=1S/C18H21FO2/c1-13(14-7-4-3-5-8-14)11-16(20)12-15-9-6-10-17(21-2)18(15)19/h3-10,13,16,20H,11-12H2,1-2H3. The van der Waals surface area contributed by atoms with Crippen molar-refractivity contribution in [3.05, 3.63) is 65.5 Å². The molecule has 2 unspecified atom stereocenters. The van der Waals surface area contributed by atoms with Crippen LogP contribution in [0.3, 0.4) is 0 Å². The molecular formula is C18H21FO2. The van der Waals surface area contributed by atoms with E-state index in [1.807, 2.05) is 30.3 Å². The van der Waals surface area contributed by atoms with Gasteiger partial charge in [0.2, 0.25) is 0 Å². The van der Waals surface area contributed by atoms with Crippen LogP contribution in [0, 0.1) is 5.82 Å². The first-order valence-corrected chi connectivity index (χ1v) is 7.16. The molecule has 0 spiro atoms. The molecule has 0 saturated heterocycles. The molecule has 112 valence electrons. The summed E-state index contributed by atoms with van der Waals surface area (Å²) in [4.78, 5) is 0. The molecule has 0 amide bonds. The summed E-state index contributed by atoms with van der Waals surface area (Å²) in [6.45, 7) is 2.07. The minimum atomic E-state index is -0.582. The summed E-state index contributed by atoms with van der Waals surface area (Å²) in [5, 5.41) is 10.2. The molecule has 0 aromatic heterocycles. The fourth-order valence-electron chi connectivity index (χ4n) is 2.53. The van der Waals surface area contributed by atoms with E-state index < -0.39 is 6.10 Å². The van der Waals surface area contributed by atoms with Gasteiger partial charge >= 0.3 is 0 Å². The zero-order valence-corrected chi connectivity index (χ0v) is 12.4. The third kappa shape index (κ3) is 4.05. The van der Waals surface area contributed by atoms with Crippen molar-refractivity contribution >= 4 is 0 Å². The van der Waals surface area contributed by atoms with E-state index in [2.05, 4.69) is 6.92 Å². The lowest BCUT2D eigenvalue weighted by molar-refractivity contribution is 0.156. The van der Waals surface area contributed by atoms with Crippen molar-refractivity contribution in [1.82, 2.24) is 0 Å². The summed E-state index contributed by atoms with van der Waals surface area (Å²) in [5.74, 6) is 0.0668. The maximum absolute atomic E-state index is 14.1. The number of methoxy groups -OCH3 is 1. The Morgan fingerprint density at radius 2 is 1.81 bits per heavy atom. The van der Waals surface area contributed by atoms with Gasteiger partial charge in [0.05, 0.1) is 13.2 Å². The Morgan fingerprint density at radius 3 is 2.48 bits per heavy atom. The number of aliphatic hydroxyl groups excluding tert-OH is 1. The van der Waals surface area contributed by atoms with E-state index >= 15 is 0 Å². The first-order chi connectivity index (χ1) is 10.1. The quantitative estimate of drug-likeness (QED) is 0.872. The van der Waals surface area contributed by atoms with E-state index in [-0.39, 0.29) is 17.5 Å². The topological polar surface area (TPSA) is 29.5 Å². The van der Waals surface area contributed by atoms with Crippen LogP contribution in [0.4, 0.5) is 4.39 Å². The van der Waals surface area contributed by atoms with Crippen molar-refractivity contribution in [3.63, 3.8) is 0 Å². The third-order valence-corrected chi connectivity index (χ3v) is 3.71. The molecule has 0 radical (unpaired) electrons. The highest BCUT2D eigenvalue weighted by Crippen LogP contribution is 2.25. The third-order valence-electron chi connectivity index (χ3n) is 3.71. The summed E-state index contributed by atoms with van der Waals surface area (Å²) in [6, 6.07) is 15.0. The Balaban J connectivity index is 2.00. The second-order valence-electron chi connectivity index (χ2n) is 5.34. The predicted octanol–water partition coefficient (Wildman–Crippen LogP) is 3.93. The van der Waals surface area contributed by atoms with Gasteiger partial charge in [-0.15, -0.1) is 0 Å². The lowest BCUT2D eigenvalue weighted by Crippen LogP contribution is -2.15. The zero-order valence-electron chi connectivity index (χ0n) is 12.4. The normalized spacial score (nSPS) is 13.7. The van der Waals surface area contributed by atoms with E-state index in [1.54, 1.807) is 18.2 Å². The molecule has 0 bridgehead atoms. The average molecular weight is 288 g/mol. The summed E-state index contributed by atoms with van der Waals surface area (Å²) < 4.78 is 19.0. The van der Waals surface area contributed by atoms with Crippen LogP contribution in [0.2, 0.25) is 0 Å². The SMILES string of the molecule is COc1cccc(CC(O)CC(C)c2ccccc2)c1F. The molecule has 0 aliphatic rings. The van der Waals surface area contributed by atoms with E-state index in [1.165, 1.54) is 12.7 Å². The largest absolute Gasteiger partial charge is 0.494 e. The van der Waals surface area contributed by atoms with Gasteiger partial charge in [0, 0.05) is 6.42 Å². The Bertz CT molecular complexity index is 569. The predicted molar refractivity (Wildman–Crippen MR) is 82.1 cm³/mol. The second kappa shape index (κ2) is 7.23. The summed E-state index contributed by atoms with van der Waals surface area (Å²) in [6.07, 6.45) is 0.308. The highest BCUT2D eigenvalue weighted by Gasteiger charge is 2.16. The molecule has 0 heterocycles. The highest BCUT2D eigenvalue weighted by atomic mass is 19.1. The maximum Gasteiger partial charge on any atom is 0.168 e. The molecule has 2 nitrogen and oxygen atoms in total. The Morgan fingerprint density at radius 1 is 1.10 bits per heavy atom. The molecule has 2 aromatic carbocycles. The highest BCUT2D eigenvalue weighted by molar-refractivity contribution is 5.31. The van der Waals surface area contributed by atoms with Crippen molar-refractivity contribution in [3.8, 4) is 5.75 Å². The van der Waals surface area contributed by atoms with Crippen LogP contribution < -0.4 is 4.74 Å². The van der Waals surface area contributed by atoms with Crippen molar-refractivity contribution < 1.29 is 14.2 Å². The Labute approximate surface area is 125 Å². The second-order valence-corrected chi connectivity index (χ2v) is 5.34. The maximum atomic E-state index is 14.1. The van der Waals surface area contributed by atoms with Crippen molar-refractivity contribution in [1.29, 1.82) is 0 Å². The molecular weight excluding hydrogens is 267 g/mol. The summed E-state index contributed by atoms with van der Waals surface area (Å²) in [7, 11) is 1.44. The van der Waals surface area contributed by atoms with E-state index in [4.69, 9.17) is 4.74 Å². The molecule has 2 rings (SSSR count). The van der Waals surface area contributed by atoms with Gasteiger partial charge in [0.25, 0.3) is 0 Å². The number of halogens is 1. The molecule has 3 heteroatoms. The number of ether oxygens (including phenoxy) is 1. The number of hydrogen-bond donors (Lipinski definition) is 1. The van der Waals surface area contributed by atoms with Gasteiger partial charge in [-0.1, -0.05) is 49.4 Å². The van der Waals surface area contributed by atoms with Gasteiger partial charge in [0.1, 0.15) is 0 Å². The summed E-state index contributed by atoms with van der Waals surface area (Å²) in [5.41, 5.74) is 1.67. The Kier molecular flexibility index (Phi) is 5.34. The lowest BCUT2D eigenvalue weighted by atomic mass is 9.92. The van der Waals surface area contributed by atoms with Crippen molar-refractivity contribution in [2.75, 3.05) is 7.11 Å². The van der Waals surface area contributed by atoms with E-state index in [0.29, 0.717) is 18.4 Å². The molecule has 21 heavy (non-hydrogen) atoms. The van der Waals surface area contributed by atoms with E-state index in [0.717, 1.165) is 0 Å². The van der Waals surface area contributed by atoms with Gasteiger partial charge in [-0.25, -0.2) is 4.39 Å². The van der Waals surface area contributed by atoms with Gasteiger partial charge in [-0.2, -0.15) is 0 Å². The first-order valence-electron chi connectivity index (χ1n) is 7.16. The lowest BCUT2D eigenvalue weighted by Gasteiger charge is -2.17. The van der Waals surface area contributed by atoms with E-state index in [9.17, 15) is 9.50 Å². The van der Waals surface area contributed by atoms with Gasteiger partial charge in [0.15, 0.2) is 11.6 Å². The van der Waals surface area contributed by atoms with Crippen molar-refractivity contribution in [2.24, 2.45) is 0 Å². The van der Waals surface area contributed by atoms with Crippen LogP contribution >= 0.6 is 0 Å². The number of hydrogen-bond acceptors (Lipinski definition) is 2. The summed E-state index contributed by atoms with van der Waals surface area (Å²) >= 11 is 0. The molecule has 1 N–H and O–H groups in total. The molecule has 0 fully saturated rings. The minimum absolute atomic E-state index is 0.218. The van der Waals surface area contributed by atoms with Crippen LogP contribution in [0.25, 0.3) is 0 Å². The monoisotopic (exact) mass is 288 g/mol. The minimum Gasteiger partial charge on any atom is -0.494 e. The number of aliphatic hydroxyl groups is 1. The van der Waals surface area contributed by atoms with Crippen LogP contribution in [-0.4, -0.2) is 18.3 Å². The number of rotatable bonds is 6.